The standard InChI is InChI=1S/C21H24N2O/c1-14-6-2-3-10-18(14)23-13-5-9-16-19(23)12-11-15-7-4-8-17(20(15)16)21(22)24/h2-4,6-8,10,16,19H,5,9,11-13H2,1H3,(H2,22,24). The van der Waals surface area contributed by atoms with Gasteiger partial charge >= 0.3 is 0 Å². The maximum absolute atomic E-state index is 12.0. The molecule has 2 aromatic rings. The van der Waals surface area contributed by atoms with E-state index in [1.807, 2.05) is 12.1 Å². The van der Waals surface area contributed by atoms with Gasteiger partial charge in [-0.25, -0.2) is 0 Å². The molecular formula is C21H24N2O. The molecule has 1 saturated heterocycles. The van der Waals surface area contributed by atoms with E-state index in [9.17, 15) is 4.79 Å². The number of amides is 1. The van der Waals surface area contributed by atoms with Crippen LogP contribution >= 0.6 is 0 Å². The minimum atomic E-state index is -0.291. The molecule has 3 nitrogen and oxygen atoms in total. The van der Waals surface area contributed by atoms with Crippen molar-refractivity contribution in [1.82, 2.24) is 0 Å². The zero-order valence-electron chi connectivity index (χ0n) is 14.2. The number of fused-ring (bicyclic) bond motifs is 3. The highest BCUT2D eigenvalue weighted by Crippen LogP contribution is 2.44. The smallest absolute Gasteiger partial charge is 0.248 e. The largest absolute Gasteiger partial charge is 0.368 e. The SMILES string of the molecule is Cc1ccccc1N1CCCC2c3c(cccc3C(N)=O)CCC21. The lowest BCUT2D eigenvalue weighted by Crippen LogP contribution is -2.47. The number of carbonyl (C=O) groups excluding carboxylic acids is 1. The summed E-state index contributed by atoms with van der Waals surface area (Å²) in [7, 11) is 0. The summed E-state index contributed by atoms with van der Waals surface area (Å²) < 4.78 is 0. The number of benzene rings is 2. The Hall–Kier alpha value is -2.29. The zero-order valence-corrected chi connectivity index (χ0v) is 14.2. The first-order valence-electron chi connectivity index (χ1n) is 8.90. The molecule has 0 radical (unpaired) electrons. The lowest BCUT2D eigenvalue weighted by molar-refractivity contribution is 0.0998. The van der Waals surface area contributed by atoms with Gasteiger partial charge in [0.15, 0.2) is 0 Å². The lowest BCUT2D eigenvalue weighted by Gasteiger charge is -2.47. The number of nitrogens with two attached hydrogens (primary N) is 1. The molecule has 0 bridgehead atoms. The summed E-state index contributed by atoms with van der Waals surface area (Å²) in [6.07, 6.45) is 4.47. The Labute approximate surface area is 143 Å². The summed E-state index contributed by atoms with van der Waals surface area (Å²) in [6.45, 7) is 3.28. The van der Waals surface area contributed by atoms with Crippen LogP contribution in [-0.2, 0) is 6.42 Å². The maximum Gasteiger partial charge on any atom is 0.248 e. The molecule has 3 heteroatoms. The number of primary amides is 1. The molecule has 2 unspecified atom stereocenters. The van der Waals surface area contributed by atoms with E-state index in [4.69, 9.17) is 5.73 Å². The first kappa shape index (κ1) is 15.3. The quantitative estimate of drug-likeness (QED) is 0.915. The van der Waals surface area contributed by atoms with Gasteiger partial charge in [0.25, 0.3) is 0 Å². The number of hydrogen-bond donors (Lipinski definition) is 1. The Bertz CT molecular complexity index is 783. The first-order valence-corrected chi connectivity index (χ1v) is 8.90. The van der Waals surface area contributed by atoms with E-state index in [1.165, 1.54) is 22.4 Å². The van der Waals surface area contributed by atoms with Gasteiger partial charge in [0.1, 0.15) is 0 Å². The molecule has 1 amide bonds. The number of nitrogens with zero attached hydrogens (tertiary/aromatic N) is 1. The molecule has 1 fully saturated rings. The van der Waals surface area contributed by atoms with Crippen LogP contribution in [0.25, 0.3) is 0 Å². The second-order valence-electron chi connectivity index (χ2n) is 7.08. The molecular weight excluding hydrogens is 296 g/mol. The van der Waals surface area contributed by atoms with Gasteiger partial charge in [-0.1, -0.05) is 30.3 Å². The van der Waals surface area contributed by atoms with E-state index in [0.29, 0.717) is 12.0 Å². The number of para-hydroxylation sites is 1. The van der Waals surface area contributed by atoms with Crippen molar-refractivity contribution in [3.8, 4) is 0 Å². The molecule has 24 heavy (non-hydrogen) atoms. The third-order valence-electron chi connectivity index (χ3n) is 5.75. The number of piperidine rings is 1. The fourth-order valence-corrected chi connectivity index (χ4v) is 4.72. The second-order valence-corrected chi connectivity index (χ2v) is 7.08. The molecule has 2 N–H and O–H groups in total. The van der Waals surface area contributed by atoms with E-state index >= 15 is 0 Å². The average Bonchev–Trinajstić information content (AvgIpc) is 2.61. The molecule has 124 valence electrons. The normalized spacial score (nSPS) is 22.6. The Morgan fingerprint density at radius 3 is 2.75 bits per heavy atom. The highest BCUT2D eigenvalue weighted by atomic mass is 16.1. The second kappa shape index (κ2) is 5.97. The summed E-state index contributed by atoms with van der Waals surface area (Å²) in [5.74, 6) is 0.117. The highest BCUT2D eigenvalue weighted by molar-refractivity contribution is 5.95. The van der Waals surface area contributed by atoms with Crippen molar-refractivity contribution in [2.75, 3.05) is 11.4 Å². The van der Waals surface area contributed by atoms with Gasteiger partial charge in [-0.2, -0.15) is 0 Å². The van der Waals surface area contributed by atoms with Crippen molar-refractivity contribution < 1.29 is 4.79 Å². The molecule has 2 atom stereocenters. The van der Waals surface area contributed by atoms with Gasteiger partial charge in [-0.15, -0.1) is 0 Å². The van der Waals surface area contributed by atoms with Crippen LogP contribution in [0.2, 0.25) is 0 Å². The number of rotatable bonds is 2. The van der Waals surface area contributed by atoms with Crippen LogP contribution in [0, 0.1) is 6.92 Å². The molecule has 0 spiro atoms. The molecule has 1 heterocycles. The minimum Gasteiger partial charge on any atom is -0.368 e. The highest BCUT2D eigenvalue weighted by Gasteiger charge is 2.38. The Morgan fingerprint density at radius 1 is 1.12 bits per heavy atom. The summed E-state index contributed by atoms with van der Waals surface area (Å²) in [5.41, 5.74) is 11.6. The summed E-state index contributed by atoms with van der Waals surface area (Å²) in [6, 6.07) is 15.1. The molecule has 0 aromatic heterocycles. The van der Waals surface area contributed by atoms with E-state index in [-0.39, 0.29) is 5.91 Å². The fourth-order valence-electron chi connectivity index (χ4n) is 4.72. The van der Waals surface area contributed by atoms with Crippen molar-refractivity contribution in [1.29, 1.82) is 0 Å². The number of aryl methyl sites for hydroxylation is 2. The maximum atomic E-state index is 12.0. The van der Waals surface area contributed by atoms with Crippen LogP contribution in [0.15, 0.2) is 42.5 Å². The van der Waals surface area contributed by atoms with Crippen LogP contribution in [0.4, 0.5) is 5.69 Å². The first-order chi connectivity index (χ1) is 11.7. The summed E-state index contributed by atoms with van der Waals surface area (Å²) in [5, 5.41) is 0. The topological polar surface area (TPSA) is 46.3 Å². The molecule has 1 aliphatic carbocycles. The Kier molecular flexibility index (Phi) is 3.79. The fraction of sp³-hybridized carbons (Fsp3) is 0.381. The van der Waals surface area contributed by atoms with Crippen molar-refractivity contribution in [2.45, 2.75) is 44.6 Å². The van der Waals surface area contributed by atoms with Crippen LogP contribution in [0.3, 0.4) is 0 Å². The summed E-state index contributed by atoms with van der Waals surface area (Å²) in [4.78, 5) is 14.5. The van der Waals surface area contributed by atoms with E-state index in [1.54, 1.807) is 0 Å². The molecule has 0 saturated carbocycles. The number of anilines is 1. The third kappa shape index (κ3) is 2.39. The zero-order chi connectivity index (χ0) is 16.7. The molecule has 2 aliphatic rings. The predicted octanol–water partition coefficient (Wildman–Crippen LogP) is 3.79. The van der Waals surface area contributed by atoms with Crippen molar-refractivity contribution in [2.24, 2.45) is 5.73 Å². The van der Waals surface area contributed by atoms with Crippen LogP contribution in [-0.4, -0.2) is 18.5 Å². The van der Waals surface area contributed by atoms with E-state index < -0.39 is 0 Å². The van der Waals surface area contributed by atoms with Gasteiger partial charge in [-0.05, 0) is 61.4 Å². The van der Waals surface area contributed by atoms with Crippen molar-refractivity contribution >= 4 is 11.6 Å². The molecule has 1 aliphatic heterocycles. The average molecular weight is 320 g/mol. The number of hydrogen-bond acceptors (Lipinski definition) is 2. The monoisotopic (exact) mass is 320 g/mol. The van der Waals surface area contributed by atoms with Gasteiger partial charge in [0, 0.05) is 29.8 Å². The molecule has 2 aromatic carbocycles. The van der Waals surface area contributed by atoms with Crippen molar-refractivity contribution in [3.05, 3.63) is 64.7 Å². The minimum absolute atomic E-state index is 0.291. The molecule has 4 rings (SSSR count). The predicted molar refractivity (Wildman–Crippen MR) is 97.6 cm³/mol. The van der Waals surface area contributed by atoms with Gasteiger partial charge < -0.3 is 10.6 Å². The number of carbonyl (C=O) groups is 1. The van der Waals surface area contributed by atoms with Gasteiger partial charge in [-0.3, -0.25) is 4.79 Å². The van der Waals surface area contributed by atoms with Gasteiger partial charge in [0.05, 0.1) is 0 Å². The van der Waals surface area contributed by atoms with Gasteiger partial charge in [0.2, 0.25) is 5.91 Å². The Morgan fingerprint density at radius 2 is 1.96 bits per heavy atom. The lowest BCUT2D eigenvalue weighted by atomic mass is 9.72. The third-order valence-corrected chi connectivity index (χ3v) is 5.75. The van der Waals surface area contributed by atoms with Crippen LogP contribution in [0.5, 0.6) is 0 Å². The van der Waals surface area contributed by atoms with Crippen LogP contribution in [0.1, 0.15) is 52.2 Å². The van der Waals surface area contributed by atoms with E-state index in [2.05, 4.69) is 42.2 Å². The van der Waals surface area contributed by atoms with E-state index in [0.717, 1.165) is 37.8 Å². The Balaban J connectivity index is 1.78. The van der Waals surface area contributed by atoms with Crippen LogP contribution < -0.4 is 10.6 Å². The summed E-state index contributed by atoms with van der Waals surface area (Å²) >= 11 is 0. The van der Waals surface area contributed by atoms with Crippen molar-refractivity contribution in [3.63, 3.8) is 0 Å².